The maximum Gasteiger partial charge on any atom is 0.338 e. The number of rotatable bonds is 5. The van der Waals surface area contributed by atoms with Crippen LogP contribution in [-0.2, 0) is 0 Å². The molecule has 21 heavy (non-hydrogen) atoms. The van der Waals surface area contributed by atoms with E-state index in [1.807, 2.05) is 0 Å². The quantitative estimate of drug-likeness (QED) is 0.642. The van der Waals surface area contributed by atoms with Gasteiger partial charge in [-0.05, 0) is 43.1 Å². The van der Waals surface area contributed by atoms with Crippen LogP contribution in [0.15, 0.2) is 18.2 Å². The van der Waals surface area contributed by atoms with Crippen LogP contribution in [0.5, 0.6) is 0 Å². The average Bonchev–Trinajstić information content (AvgIpc) is 3.07. The van der Waals surface area contributed by atoms with E-state index in [-0.39, 0.29) is 11.3 Å². The third-order valence-corrected chi connectivity index (χ3v) is 4.88. The van der Waals surface area contributed by atoms with Gasteiger partial charge in [0.1, 0.15) is 0 Å². The third kappa shape index (κ3) is 2.70. The van der Waals surface area contributed by atoms with Crippen LogP contribution in [0.25, 0.3) is 0 Å². The molecule has 2 N–H and O–H groups in total. The summed E-state index contributed by atoms with van der Waals surface area (Å²) in [5, 5.41) is 23.1. The minimum atomic E-state index is -1.14. The van der Waals surface area contributed by atoms with Crippen LogP contribution < -0.4 is 5.32 Å². The molecular formula is C15H18N2O4. The van der Waals surface area contributed by atoms with Crippen molar-refractivity contribution in [3.63, 3.8) is 0 Å². The standard InChI is InChI=1S/C15H18N2O4/c18-15(19)13-7-12(17(20)21)3-4-14(13)16-8-11-6-9-1-2-10(11)5-9/h3-4,7,9-11,16H,1-2,5-6,8H2,(H,18,19). The minimum absolute atomic E-state index is 0.0349. The van der Waals surface area contributed by atoms with Crippen molar-refractivity contribution in [3.05, 3.63) is 33.9 Å². The summed E-state index contributed by atoms with van der Waals surface area (Å²) in [6.45, 7) is 0.749. The second-order valence-corrected chi connectivity index (χ2v) is 6.11. The Morgan fingerprint density at radius 1 is 1.38 bits per heavy atom. The first-order valence-electron chi connectivity index (χ1n) is 7.30. The van der Waals surface area contributed by atoms with Crippen LogP contribution in [0.1, 0.15) is 36.0 Å². The van der Waals surface area contributed by atoms with Crippen molar-refractivity contribution >= 4 is 17.3 Å². The molecule has 0 heterocycles. The zero-order chi connectivity index (χ0) is 15.0. The van der Waals surface area contributed by atoms with E-state index in [2.05, 4.69) is 5.32 Å². The number of aromatic carboxylic acids is 1. The number of nitro groups is 1. The second kappa shape index (κ2) is 5.35. The Balaban J connectivity index is 1.72. The molecule has 3 unspecified atom stereocenters. The van der Waals surface area contributed by atoms with E-state index in [1.54, 1.807) is 0 Å². The molecule has 0 amide bonds. The number of nitrogens with one attached hydrogen (secondary N) is 1. The van der Waals surface area contributed by atoms with Crippen molar-refractivity contribution in [2.75, 3.05) is 11.9 Å². The minimum Gasteiger partial charge on any atom is -0.478 e. The maximum absolute atomic E-state index is 11.3. The number of carboxylic acids is 1. The molecule has 0 aromatic heterocycles. The molecule has 2 aliphatic carbocycles. The Hall–Kier alpha value is -2.11. The van der Waals surface area contributed by atoms with Gasteiger partial charge < -0.3 is 10.4 Å². The van der Waals surface area contributed by atoms with Crippen molar-refractivity contribution in [2.45, 2.75) is 25.7 Å². The summed E-state index contributed by atoms with van der Waals surface area (Å²) in [4.78, 5) is 21.4. The monoisotopic (exact) mass is 290 g/mol. The van der Waals surface area contributed by atoms with E-state index < -0.39 is 10.9 Å². The van der Waals surface area contributed by atoms with Crippen molar-refractivity contribution in [3.8, 4) is 0 Å². The first kappa shape index (κ1) is 13.9. The number of nitro benzene ring substituents is 1. The van der Waals surface area contributed by atoms with Gasteiger partial charge >= 0.3 is 5.97 Å². The highest BCUT2D eigenvalue weighted by Gasteiger charge is 2.39. The molecule has 0 saturated heterocycles. The normalized spacial score (nSPS) is 26.8. The molecule has 112 valence electrons. The zero-order valence-electron chi connectivity index (χ0n) is 11.6. The van der Waals surface area contributed by atoms with Gasteiger partial charge in [0, 0.05) is 24.4 Å². The Morgan fingerprint density at radius 3 is 2.76 bits per heavy atom. The highest BCUT2D eigenvalue weighted by molar-refractivity contribution is 5.95. The lowest BCUT2D eigenvalue weighted by molar-refractivity contribution is -0.384. The zero-order valence-corrected chi connectivity index (χ0v) is 11.6. The second-order valence-electron chi connectivity index (χ2n) is 6.11. The highest BCUT2D eigenvalue weighted by atomic mass is 16.6. The molecule has 2 fully saturated rings. The SMILES string of the molecule is O=C(O)c1cc([N+](=O)[O-])ccc1NCC1CC2CCC1C2. The molecule has 2 aliphatic rings. The number of carboxylic acid groups (broad SMARTS) is 1. The summed E-state index contributed by atoms with van der Waals surface area (Å²) in [7, 11) is 0. The van der Waals surface area contributed by atoms with Gasteiger partial charge in [0.2, 0.25) is 0 Å². The van der Waals surface area contributed by atoms with Crippen LogP contribution in [0.4, 0.5) is 11.4 Å². The fourth-order valence-electron chi connectivity index (χ4n) is 3.84. The number of fused-ring (bicyclic) bond motifs is 2. The predicted molar refractivity (Wildman–Crippen MR) is 77.5 cm³/mol. The number of non-ortho nitro benzene ring substituents is 1. The van der Waals surface area contributed by atoms with Gasteiger partial charge in [0.05, 0.1) is 10.5 Å². The number of carbonyl (C=O) groups is 1. The molecule has 0 spiro atoms. The molecule has 1 aromatic carbocycles. The van der Waals surface area contributed by atoms with Gasteiger partial charge in [-0.3, -0.25) is 10.1 Å². The molecule has 6 nitrogen and oxygen atoms in total. The fraction of sp³-hybridized carbons (Fsp3) is 0.533. The Bertz CT molecular complexity index is 587. The van der Waals surface area contributed by atoms with Crippen LogP contribution in [0.2, 0.25) is 0 Å². The molecule has 0 aliphatic heterocycles. The molecule has 0 radical (unpaired) electrons. The number of hydrogen-bond acceptors (Lipinski definition) is 4. The van der Waals surface area contributed by atoms with E-state index >= 15 is 0 Å². The van der Waals surface area contributed by atoms with Crippen molar-refractivity contribution in [1.82, 2.24) is 0 Å². The summed E-state index contributed by atoms with van der Waals surface area (Å²) in [6, 6.07) is 3.95. The van der Waals surface area contributed by atoms with Crippen molar-refractivity contribution in [2.24, 2.45) is 17.8 Å². The van der Waals surface area contributed by atoms with E-state index in [4.69, 9.17) is 0 Å². The molecule has 2 saturated carbocycles. The molecule has 3 atom stereocenters. The Morgan fingerprint density at radius 2 is 2.19 bits per heavy atom. The molecule has 6 heteroatoms. The first-order valence-corrected chi connectivity index (χ1v) is 7.30. The summed E-state index contributed by atoms with van der Waals surface area (Å²) < 4.78 is 0. The largest absolute Gasteiger partial charge is 0.478 e. The van der Waals surface area contributed by atoms with Gasteiger partial charge in [-0.15, -0.1) is 0 Å². The lowest BCUT2D eigenvalue weighted by atomic mass is 9.89. The number of nitrogens with zero attached hydrogens (tertiary/aromatic N) is 1. The molecular weight excluding hydrogens is 272 g/mol. The summed E-state index contributed by atoms with van der Waals surface area (Å²) in [5.41, 5.74) is 0.237. The van der Waals surface area contributed by atoms with Crippen LogP contribution >= 0.6 is 0 Å². The Labute approximate surface area is 122 Å². The van der Waals surface area contributed by atoms with Crippen molar-refractivity contribution in [1.29, 1.82) is 0 Å². The Kier molecular flexibility index (Phi) is 3.53. The summed E-state index contributed by atoms with van der Waals surface area (Å²) in [5.74, 6) is 1.06. The van der Waals surface area contributed by atoms with E-state index in [1.165, 1.54) is 37.8 Å². The van der Waals surface area contributed by atoms with Crippen LogP contribution in [0, 0.1) is 27.9 Å². The van der Waals surface area contributed by atoms with Gasteiger partial charge in [-0.1, -0.05) is 6.42 Å². The van der Waals surface area contributed by atoms with Crippen LogP contribution in [-0.4, -0.2) is 22.5 Å². The first-order chi connectivity index (χ1) is 10.0. The van der Waals surface area contributed by atoms with Gasteiger partial charge in [0.25, 0.3) is 5.69 Å². The molecule has 3 rings (SSSR count). The summed E-state index contributed by atoms with van der Waals surface area (Å²) in [6.07, 6.45) is 5.13. The van der Waals surface area contributed by atoms with E-state index in [9.17, 15) is 20.0 Å². The van der Waals surface area contributed by atoms with Gasteiger partial charge in [0.15, 0.2) is 0 Å². The lowest BCUT2D eigenvalue weighted by Gasteiger charge is -2.22. The number of benzene rings is 1. The van der Waals surface area contributed by atoms with E-state index in [0.29, 0.717) is 11.6 Å². The maximum atomic E-state index is 11.3. The van der Waals surface area contributed by atoms with Gasteiger partial charge in [-0.2, -0.15) is 0 Å². The smallest absolute Gasteiger partial charge is 0.338 e. The topological polar surface area (TPSA) is 92.5 Å². The third-order valence-electron chi connectivity index (χ3n) is 4.88. The average molecular weight is 290 g/mol. The van der Waals surface area contributed by atoms with Crippen molar-refractivity contribution < 1.29 is 14.8 Å². The number of anilines is 1. The van der Waals surface area contributed by atoms with Gasteiger partial charge in [-0.25, -0.2) is 4.79 Å². The predicted octanol–water partition coefficient (Wildman–Crippen LogP) is 3.14. The molecule has 2 bridgehead atoms. The fourth-order valence-corrected chi connectivity index (χ4v) is 3.84. The highest BCUT2D eigenvalue weighted by Crippen LogP contribution is 2.48. The van der Waals surface area contributed by atoms with Crippen LogP contribution in [0.3, 0.4) is 0 Å². The van der Waals surface area contributed by atoms with E-state index in [0.717, 1.165) is 24.4 Å². The number of hydrogen-bond donors (Lipinski definition) is 2. The lowest BCUT2D eigenvalue weighted by Crippen LogP contribution is -2.21. The summed E-state index contributed by atoms with van der Waals surface area (Å²) >= 11 is 0. The molecule has 1 aromatic rings.